The molecule has 1 aromatic rings. The van der Waals surface area contributed by atoms with E-state index in [1.54, 1.807) is 0 Å². The largest absolute Gasteiger partial charge is 0.383 e. The molecule has 0 aromatic heterocycles. The van der Waals surface area contributed by atoms with Gasteiger partial charge < -0.3 is 5.11 Å². The van der Waals surface area contributed by atoms with Gasteiger partial charge in [-0.15, -0.1) is 0 Å². The van der Waals surface area contributed by atoms with E-state index < -0.39 is 5.60 Å². The predicted molar refractivity (Wildman–Crippen MR) is 73.5 cm³/mol. The molecule has 2 atom stereocenters. The fraction of sp³-hybridized carbons (Fsp3) is 0.625. The summed E-state index contributed by atoms with van der Waals surface area (Å²) in [6.45, 7) is 4.39. The first-order chi connectivity index (χ1) is 8.74. The second kappa shape index (κ2) is 4.67. The molecule has 2 heterocycles. The van der Waals surface area contributed by atoms with Gasteiger partial charge in [0.2, 0.25) is 0 Å². The minimum atomic E-state index is -0.604. The lowest BCUT2D eigenvalue weighted by Crippen LogP contribution is -2.45. The molecule has 1 aromatic carbocycles. The van der Waals surface area contributed by atoms with Crippen molar-refractivity contribution in [2.24, 2.45) is 0 Å². The van der Waals surface area contributed by atoms with Crippen molar-refractivity contribution >= 4 is 0 Å². The summed E-state index contributed by atoms with van der Waals surface area (Å²) in [7, 11) is 0. The normalized spacial score (nSPS) is 32.4. The van der Waals surface area contributed by atoms with Gasteiger partial charge in [-0.25, -0.2) is 0 Å². The Balaban J connectivity index is 1.88. The van der Waals surface area contributed by atoms with Crippen LogP contribution < -0.4 is 0 Å². The van der Waals surface area contributed by atoms with Crippen LogP contribution in [0, 0.1) is 0 Å². The highest BCUT2D eigenvalue weighted by molar-refractivity contribution is 5.30. The lowest BCUT2D eigenvalue weighted by Gasteiger charge is -2.37. The maximum atomic E-state index is 11.1. The van der Waals surface area contributed by atoms with E-state index in [1.165, 1.54) is 24.9 Å². The molecule has 2 unspecified atom stereocenters. The van der Waals surface area contributed by atoms with Gasteiger partial charge in [-0.1, -0.05) is 37.6 Å². The van der Waals surface area contributed by atoms with Gasteiger partial charge >= 0.3 is 0 Å². The molecule has 0 saturated carbocycles. The van der Waals surface area contributed by atoms with Gasteiger partial charge in [-0.2, -0.15) is 0 Å². The molecule has 0 bridgehead atoms. The zero-order valence-electron chi connectivity index (χ0n) is 11.2. The molecular formula is C16H23NO. The van der Waals surface area contributed by atoms with E-state index in [0.29, 0.717) is 6.04 Å². The van der Waals surface area contributed by atoms with E-state index >= 15 is 0 Å². The Morgan fingerprint density at radius 2 is 2.00 bits per heavy atom. The minimum absolute atomic E-state index is 0.346. The number of fused-ring (bicyclic) bond motifs is 1. The van der Waals surface area contributed by atoms with Crippen molar-refractivity contribution in [2.75, 3.05) is 13.1 Å². The smallest absolute Gasteiger partial charge is 0.106 e. The Morgan fingerprint density at radius 1 is 1.22 bits per heavy atom. The Hall–Kier alpha value is -0.860. The maximum absolute atomic E-state index is 11.1. The van der Waals surface area contributed by atoms with E-state index in [4.69, 9.17) is 0 Å². The quantitative estimate of drug-likeness (QED) is 0.866. The van der Waals surface area contributed by atoms with Crippen LogP contribution in [0.1, 0.15) is 43.7 Å². The van der Waals surface area contributed by atoms with E-state index in [-0.39, 0.29) is 0 Å². The molecule has 2 heteroatoms. The Bertz CT molecular complexity index is 414. The average Bonchev–Trinajstić information content (AvgIpc) is 2.78. The van der Waals surface area contributed by atoms with Crippen molar-refractivity contribution in [2.45, 2.75) is 50.7 Å². The summed E-state index contributed by atoms with van der Waals surface area (Å²) in [5, 5.41) is 11.1. The predicted octanol–water partition coefficient (Wildman–Crippen LogP) is 2.69. The molecule has 2 fully saturated rings. The molecule has 2 saturated heterocycles. The fourth-order valence-corrected chi connectivity index (χ4v) is 3.65. The van der Waals surface area contributed by atoms with Gasteiger partial charge in [0, 0.05) is 12.6 Å². The van der Waals surface area contributed by atoms with E-state index in [1.807, 2.05) is 0 Å². The van der Waals surface area contributed by atoms with Gasteiger partial charge in [0.1, 0.15) is 5.60 Å². The van der Waals surface area contributed by atoms with Crippen LogP contribution in [0.25, 0.3) is 0 Å². The Labute approximate surface area is 110 Å². The van der Waals surface area contributed by atoms with Crippen LogP contribution in [0.3, 0.4) is 0 Å². The third-order valence-corrected chi connectivity index (χ3v) is 4.81. The first-order valence-electron chi connectivity index (χ1n) is 7.30. The molecular weight excluding hydrogens is 222 g/mol. The van der Waals surface area contributed by atoms with Crippen molar-refractivity contribution in [3.05, 3.63) is 35.4 Å². The van der Waals surface area contributed by atoms with E-state index in [2.05, 4.69) is 36.1 Å². The van der Waals surface area contributed by atoms with Crippen LogP contribution in [0.15, 0.2) is 24.3 Å². The second-order valence-electron chi connectivity index (χ2n) is 5.77. The number of benzene rings is 1. The summed E-state index contributed by atoms with van der Waals surface area (Å²) in [6.07, 6.45) is 5.65. The van der Waals surface area contributed by atoms with Gasteiger partial charge in [0.05, 0.1) is 0 Å². The lowest BCUT2D eigenvalue weighted by atomic mass is 9.82. The van der Waals surface area contributed by atoms with Crippen molar-refractivity contribution in [1.82, 2.24) is 4.90 Å². The zero-order valence-corrected chi connectivity index (χ0v) is 11.2. The first-order valence-corrected chi connectivity index (χ1v) is 7.30. The van der Waals surface area contributed by atoms with Crippen molar-refractivity contribution < 1.29 is 5.11 Å². The fourth-order valence-electron chi connectivity index (χ4n) is 3.65. The third kappa shape index (κ3) is 1.88. The number of nitrogens with zero attached hydrogens (tertiary/aromatic N) is 1. The summed E-state index contributed by atoms with van der Waals surface area (Å²) < 4.78 is 0. The number of aliphatic hydroxyl groups is 1. The summed E-state index contributed by atoms with van der Waals surface area (Å²) in [5.74, 6) is 0. The van der Waals surface area contributed by atoms with E-state index in [9.17, 15) is 5.11 Å². The molecule has 0 aliphatic carbocycles. The SMILES string of the molecule is CCc1ccc(C2(O)CCN3CCCCC32)cc1. The summed E-state index contributed by atoms with van der Waals surface area (Å²) >= 11 is 0. The highest BCUT2D eigenvalue weighted by Crippen LogP contribution is 2.42. The van der Waals surface area contributed by atoms with Crippen LogP contribution in [-0.4, -0.2) is 29.1 Å². The molecule has 0 spiro atoms. The first kappa shape index (κ1) is 12.2. The van der Waals surface area contributed by atoms with Crippen molar-refractivity contribution in [3.8, 4) is 0 Å². The van der Waals surface area contributed by atoms with Crippen LogP contribution >= 0.6 is 0 Å². The third-order valence-electron chi connectivity index (χ3n) is 4.81. The molecule has 2 aliphatic heterocycles. The van der Waals surface area contributed by atoms with Gasteiger partial charge in [-0.05, 0) is 43.4 Å². The molecule has 0 radical (unpaired) electrons. The molecule has 98 valence electrons. The molecule has 0 amide bonds. The standard InChI is InChI=1S/C16H23NO/c1-2-13-6-8-14(9-7-13)16(18)10-12-17-11-4-3-5-15(16)17/h6-9,15,18H,2-5,10-12H2,1H3. The summed E-state index contributed by atoms with van der Waals surface area (Å²) in [6, 6.07) is 8.95. The molecule has 2 aliphatic rings. The van der Waals surface area contributed by atoms with Crippen molar-refractivity contribution in [1.29, 1.82) is 0 Å². The molecule has 1 N–H and O–H groups in total. The number of aryl methyl sites for hydroxylation is 1. The Morgan fingerprint density at radius 3 is 2.72 bits per heavy atom. The molecule has 3 rings (SSSR count). The number of piperidine rings is 1. The lowest BCUT2D eigenvalue weighted by molar-refractivity contribution is -0.0138. The van der Waals surface area contributed by atoms with Crippen molar-refractivity contribution in [3.63, 3.8) is 0 Å². The zero-order chi connectivity index (χ0) is 12.6. The van der Waals surface area contributed by atoms with Crippen LogP contribution in [0.5, 0.6) is 0 Å². The van der Waals surface area contributed by atoms with Gasteiger partial charge in [0.25, 0.3) is 0 Å². The molecule has 18 heavy (non-hydrogen) atoms. The number of hydrogen-bond acceptors (Lipinski definition) is 2. The number of hydrogen-bond donors (Lipinski definition) is 1. The average molecular weight is 245 g/mol. The highest BCUT2D eigenvalue weighted by Gasteiger charge is 2.47. The summed E-state index contributed by atoms with van der Waals surface area (Å²) in [5.41, 5.74) is 1.86. The van der Waals surface area contributed by atoms with Gasteiger partial charge in [-0.3, -0.25) is 4.90 Å². The molecule has 2 nitrogen and oxygen atoms in total. The highest BCUT2D eigenvalue weighted by atomic mass is 16.3. The second-order valence-corrected chi connectivity index (χ2v) is 5.77. The minimum Gasteiger partial charge on any atom is -0.383 e. The topological polar surface area (TPSA) is 23.5 Å². The number of rotatable bonds is 2. The van der Waals surface area contributed by atoms with Crippen LogP contribution in [0.4, 0.5) is 0 Å². The summed E-state index contributed by atoms with van der Waals surface area (Å²) in [4.78, 5) is 2.48. The Kier molecular flexibility index (Phi) is 3.16. The monoisotopic (exact) mass is 245 g/mol. The van der Waals surface area contributed by atoms with Crippen LogP contribution in [0.2, 0.25) is 0 Å². The van der Waals surface area contributed by atoms with Crippen LogP contribution in [-0.2, 0) is 12.0 Å². The van der Waals surface area contributed by atoms with Gasteiger partial charge in [0.15, 0.2) is 0 Å². The maximum Gasteiger partial charge on any atom is 0.106 e. The van der Waals surface area contributed by atoms with E-state index in [0.717, 1.165) is 31.4 Å².